The van der Waals surface area contributed by atoms with Crippen molar-refractivity contribution in [2.24, 2.45) is 10.8 Å². The molecule has 0 radical (unpaired) electrons. The predicted octanol–water partition coefficient (Wildman–Crippen LogP) is 7.49. The summed E-state index contributed by atoms with van der Waals surface area (Å²) in [5.41, 5.74) is -3.33. The summed E-state index contributed by atoms with van der Waals surface area (Å²) in [5, 5.41) is 2.37. The Morgan fingerprint density at radius 3 is 2.32 bits per heavy atom. The number of carbonyl (C=O) groups excluding carboxylic acids is 3. The van der Waals surface area contributed by atoms with Crippen molar-refractivity contribution >= 4 is 64.2 Å². The van der Waals surface area contributed by atoms with Crippen molar-refractivity contribution in [2.45, 2.75) is 53.5 Å². The first-order chi connectivity index (χ1) is 20.4. The van der Waals surface area contributed by atoms with Crippen LogP contribution in [0.15, 0.2) is 60.6 Å². The van der Waals surface area contributed by atoms with Gasteiger partial charge in [0.25, 0.3) is 5.91 Å². The molecule has 0 fully saturated rings. The Morgan fingerprint density at radius 2 is 1.73 bits per heavy atom. The van der Waals surface area contributed by atoms with Crippen LogP contribution < -0.4 is 9.64 Å². The third-order valence-electron chi connectivity index (χ3n) is 6.25. The van der Waals surface area contributed by atoms with Gasteiger partial charge in [-0.2, -0.15) is 0 Å². The van der Waals surface area contributed by atoms with Crippen molar-refractivity contribution in [1.82, 2.24) is 0 Å². The third kappa shape index (κ3) is 8.49. The predicted molar refractivity (Wildman–Crippen MR) is 171 cm³/mol. The van der Waals surface area contributed by atoms with E-state index in [0.717, 1.165) is 4.90 Å². The van der Waals surface area contributed by atoms with Crippen LogP contribution in [0.2, 0.25) is 5.02 Å². The SMILES string of the molecule is C=CN(C(=O)C(c1csc2ccc(Cl)cc12)P(=O)(O)OC(COC(=O)C(C)(C)C)OC(=O)C(C)(C)C)c1cccc(OC)c1. The van der Waals surface area contributed by atoms with E-state index in [-0.39, 0.29) is 5.56 Å². The van der Waals surface area contributed by atoms with Crippen molar-refractivity contribution in [3.8, 4) is 5.75 Å². The van der Waals surface area contributed by atoms with Gasteiger partial charge in [0, 0.05) is 22.0 Å². The van der Waals surface area contributed by atoms with Crippen LogP contribution in [0.1, 0.15) is 52.8 Å². The summed E-state index contributed by atoms with van der Waals surface area (Å²) in [5.74, 6) is -1.88. The van der Waals surface area contributed by atoms with Crippen LogP contribution in [0.5, 0.6) is 5.75 Å². The number of halogens is 1. The molecule has 10 nitrogen and oxygen atoms in total. The van der Waals surface area contributed by atoms with Crippen LogP contribution in [-0.4, -0.2) is 42.7 Å². The number of esters is 2. The van der Waals surface area contributed by atoms with Crippen LogP contribution in [0.3, 0.4) is 0 Å². The minimum atomic E-state index is -5.11. The van der Waals surface area contributed by atoms with E-state index in [9.17, 15) is 23.8 Å². The lowest BCUT2D eigenvalue weighted by molar-refractivity contribution is -0.187. The first kappa shape index (κ1) is 35.3. The van der Waals surface area contributed by atoms with Gasteiger partial charge in [-0.25, -0.2) is 0 Å². The van der Waals surface area contributed by atoms with Crippen molar-refractivity contribution in [1.29, 1.82) is 0 Å². The number of hydrogen-bond donors (Lipinski definition) is 1. The molecule has 13 heteroatoms. The Bertz CT molecular complexity index is 1590. The highest BCUT2D eigenvalue weighted by Crippen LogP contribution is 2.60. The molecule has 0 aliphatic carbocycles. The Hall–Kier alpha value is -3.21. The van der Waals surface area contributed by atoms with Gasteiger partial charge in [0.2, 0.25) is 6.29 Å². The molecule has 1 aromatic heterocycles. The fourth-order valence-corrected chi connectivity index (χ4v) is 6.64. The molecule has 0 saturated carbocycles. The molecule has 3 atom stereocenters. The molecular formula is C31H37ClNO9PS. The quantitative estimate of drug-likeness (QED) is 0.126. The maximum absolute atomic E-state index is 14.3. The fourth-order valence-electron chi connectivity index (χ4n) is 3.87. The van der Waals surface area contributed by atoms with Crippen LogP contribution in [0.25, 0.3) is 10.1 Å². The number of fused-ring (bicyclic) bond motifs is 1. The van der Waals surface area contributed by atoms with E-state index in [2.05, 4.69) is 6.58 Å². The molecule has 44 heavy (non-hydrogen) atoms. The highest BCUT2D eigenvalue weighted by atomic mass is 35.5. The average Bonchev–Trinajstić information content (AvgIpc) is 3.33. The number of ether oxygens (including phenoxy) is 3. The number of anilines is 1. The number of rotatable bonds is 11. The number of amides is 1. The zero-order valence-corrected chi connectivity index (χ0v) is 28.1. The van der Waals surface area contributed by atoms with Crippen LogP contribution >= 0.6 is 30.5 Å². The van der Waals surface area contributed by atoms with Gasteiger partial charge in [0.15, 0.2) is 12.3 Å². The minimum absolute atomic E-state index is 0.158. The van der Waals surface area contributed by atoms with Crippen LogP contribution in [-0.2, 0) is 32.9 Å². The summed E-state index contributed by atoms with van der Waals surface area (Å²) in [6.45, 7) is 12.6. The second-order valence-corrected chi connectivity index (χ2v) is 15.1. The van der Waals surface area contributed by atoms with Crippen molar-refractivity contribution < 1.29 is 42.6 Å². The van der Waals surface area contributed by atoms with Gasteiger partial charge in [-0.3, -0.25) is 28.4 Å². The highest BCUT2D eigenvalue weighted by molar-refractivity contribution is 7.54. The summed E-state index contributed by atoms with van der Waals surface area (Å²) in [6, 6.07) is 11.4. The second-order valence-electron chi connectivity index (χ2n) is 11.9. The lowest BCUT2D eigenvalue weighted by Crippen LogP contribution is -2.36. The summed E-state index contributed by atoms with van der Waals surface area (Å²) in [6.07, 6.45) is -0.616. The molecule has 3 unspecified atom stereocenters. The molecule has 0 bridgehead atoms. The number of methoxy groups -OCH3 is 1. The monoisotopic (exact) mass is 665 g/mol. The zero-order chi connectivity index (χ0) is 33.0. The lowest BCUT2D eigenvalue weighted by Gasteiger charge is -2.30. The number of benzene rings is 2. The second kappa shape index (κ2) is 13.8. The zero-order valence-electron chi connectivity index (χ0n) is 25.7. The van der Waals surface area contributed by atoms with E-state index < -0.39 is 54.8 Å². The molecule has 0 saturated heterocycles. The smallest absolute Gasteiger partial charge is 0.348 e. The Kier molecular flexibility index (Phi) is 11.1. The fraction of sp³-hybridized carbons (Fsp3) is 0.387. The molecule has 2 aromatic carbocycles. The Labute approximate surface area is 266 Å². The first-order valence-corrected chi connectivity index (χ1v) is 16.4. The summed E-state index contributed by atoms with van der Waals surface area (Å²) >= 11 is 7.51. The van der Waals surface area contributed by atoms with E-state index >= 15 is 0 Å². The van der Waals surface area contributed by atoms with Gasteiger partial charge in [0.1, 0.15) is 5.75 Å². The van der Waals surface area contributed by atoms with Gasteiger partial charge in [0.05, 0.1) is 23.6 Å². The van der Waals surface area contributed by atoms with Gasteiger partial charge in [-0.15, -0.1) is 11.3 Å². The van der Waals surface area contributed by atoms with Gasteiger partial charge in [-0.1, -0.05) is 24.2 Å². The molecule has 0 aliphatic heterocycles. The molecule has 1 N–H and O–H groups in total. The standard InChI is InChI=1S/C31H37ClNO9PS/c1-9-33(20-11-10-12-21(16-20)39-8)27(34)26(23-18-44-24-14-13-19(32)15-22(23)24)43(37,38)42-25(41-29(36)31(5,6)7)17-40-28(35)30(2,3)4/h9-16,18,25-26H,1,17H2,2-8H3,(H,37,38). The normalized spacial score (nSPS) is 14.7. The Morgan fingerprint density at radius 1 is 1.07 bits per heavy atom. The van der Waals surface area contributed by atoms with Crippen molar-refractivity contribution in [3.05, 3.63) is 71.2 Å². The lowest BCUT2D eigenvalue weighted by atomic mass is 9.97. The first-order valence-electron chi connectivity index (χ1n) is 13.5. The van der Waals surface area contributed by atoms with Gasteiger partial charge in [-0.05, 0) is 88.2 Å². The number of nitrogens with zero attached hydrogens (tertiary/aromatic N) is 1. The van der Waals surface area contributed by atoms with Crippen molar-refractivity contribution in [3.63, 3.8) is 0 Å². The average molecular weight is 666 g/mol. The molecule has 3 aromatic rings. The molecule has 3 rings (SSSR count). The van der Waals surface area contributed by atoms with Crippen LogP contribution in [0, 0.1) is 10.8 Å². The molecule has 238 valence electrons. The molecule has 1 heterocycles. The Balaban J connectivity index is 2.13. The van der Waals surface area contributed by atoms with Crippen LogP contribution in [0.4, 0.5) is 5.69 Å². The molecule has 0 aliphatic rings. The highest BCUT2D eigenvalue weighted by Gasteiger charge is 2.46. The van der Waals surface area contributed by atoms with E-state index in [1.165, 1.54) is 24.6 Å². The molecular weight excluding hydrogens is 629 g/mol. The molecule has 1 amide bonds. The van der Waals surface area contributed by atoms with E-state index in [1.54, 1.807) is 89.4 Å². The topological polar surface area (TPSA) is 129 Å². The van der Waals surface area contributed by atoms with Crippen molar-refractivity contribution in [2.75, 3.05) is 18.6 Å². The summed E-state index contributed by atoms with van der Waals surface area (Å²) in [4.78, 5) is 52.3. The van der Waals surface area contributed by atoms with Gasteiger partial charge < -0.3 is 19.1 Å². The van der Waals surface area contributed by atoms with Gasteiger partial charge >= 0.3 is 19.5 Å². The number of hydrogen-bond acceptors (Lipinski definition) is 9. The minimum Gasteiger partial charge on any atom is -0.497 e. The number of carbonyl (C=O) groups is 3. The maximum Gasteiger partial charge on any atom is 0.348 e. The van der Waals surface area contributed by atoms with E-state index in [1.807, 2.05) is 0 Å². The summed E-state index contributed by atoms with van der Waals surface area (Å²) < 4.78 is 36.6. The van der Waals surface area contributed by atoms with E-state index in [4.69, 9.17) is 30.3 Å². The summed E-state index contributed by atoms with van der Waals surface area (Å²) in [7, 11) is -3.65. The number of thiophene rings is 1. The molecule has 0 spiro atoms. The van der Waals surface area contributed by atoms with E-state index in [0.29, 0.717) is 26.5 Å². The third-order valence-corrected chi connectivity index (χ3v) is 9.16. The maximum atomic E-state index is 14.3. The largest absolute Gasteiger partial charge is 0.497 e.